The van der Waals surface area contributed by atoms with E-state index in [1.54, 1.807) is 23.3 Å². The van der Waals surface area contributed by atoms with Gasteiger partial charge in [-0.05, 0) is 41.6 Å². The molecule has 0 fully saturated rings. The molecule has 0 saturated heterocycles. The molecule has 0 aliphatic rings. The van der Waals surface area contributed by atoms with E-state index in [2.05, 4.69) is 38.5 Å². The molecule has 72 valence electrons. The monoisotopic (exact) mass is 285 g/mol. The second-order valence-electron chi connectivity index (χ2n) is 2.74. The molecule has 0 aliphatic heterocycles. The molecule has 1 aromatic carbocycles. The Hall–Kier alpha value is -0.320. The quantitative estimate of drug-likeness (QED) is 0.764. The maximum absolute atomic E-state index is 4.33. The van der Waals surface area contributed by atoms with Crippen molar-refractivity contribution in [1.82, 2.24) is 4.37 Å². The summed E-state index contributed by atoms with van der Waals surface area (Å²) in [5, 5.41) is 1.09. The molecule has 14 heavy (non-hydrogen) atoms. The van der Waals surface area contributed by atoms with Gasteiger partial charge in [0, 0.05) is 4.47 Å². The lowest BCUT2D eigenvalue weighted by atomic mass is 10.2. The fourth-order valence-corrected chi connectivity index (χ4v) is 2.89. The highest BCUT2D eigenvalue weighted by molar-refractivity contribution is 9.10. The number of hydrogen-bond acceptors (Lipinski definition) is 3. The first-order chi connectivity index (χ1) is 6.79. The van der Waals surface area contributed by atoms with Gasteiger partial charge in [0.15, 0.2) is 0 Å². The lowest BCUT2D eigenvalue weighted by Gasteiger charge is -1.95. The Morgan fingerprint density at radius 3 is 2.86 bits per heavy atom. The van der Waals surface area contributed by atoms with E-state index in [0.29, 0.717) is 0 Å². The first-order valence-electron chi connectivity index (χ1n) is 4.06. The number of aromatic nitrogens is 1. The fraction of sp³-hybridized carbons (Fsp3) is 0.100. The minimum Gasteiger partial charge on any atom is -0.186 e. The summed E-state index contributed by atoms with van der Waals surface area (Å²) >= 11 is 6.68. The van der Waals surface area contributed by atoms with Crippen molar-refractivity contribution >= 4 is 39.2 Å². The predicted molar refractivity (Wildman–Crippen MR) is 67.0 cm³/mol. The Balaban J connectivity index is 2.39. The van der Waals surface area contributed by atoms with Crippen molar-refractivity contribution in [2.24, 2.45) is 0 Å². The first kappa shape index (κ1) is 10.2. The van der Waals surface area contributed by atoms with Gasteiger partial charge in [-0.15, -0.1) is 11.8 Å². The molecule has 0 amide bonds. The SMILES string of the molecule is CSc1cc(-c2cccc(Br)c2)sn1. The summed E-state index contributed by atoms with van der Waals surface area (Å²) < 4.78 is 5.44. The van der Waals surface area contributed by atoms with Crippen LogP contribution in [0.25, 0.3) is 10.4 Å². The topological polar surface area (TPSA) is 12.9 Å². The third-order valence-corrected chi connectivity index (χ3v) is 3.88. The van der Waals surface area contributed by atoms with Gasteiger partial charge >= 0.3 is 0 Å². The lowest BCUT2D eigenvalue weighted by molar-refractivity contribution is 1.30. The zero-order valence-electron chi connectivity index (χ0n) is 7.53. The number of halogens is 1. The van der Waals surface area contributed by atoms with Gasteiger partial charge in [0.25, 0.3) is 0 Å². The normalized spacial score (nSPS) is 10.4. The summed E-state index contributed by atoms with van der Waals surface area (Å²) in [7, 11) is 0. The molecule has 0 spiro atoms. The molecule has 1 nitrogen and oxygen atoms in total. The summed E-state index contributed by atoms with van der Waals surface area (Å²) in [5.41, 5.74) is 1.22. The van der Waals surface area contributed by atoms with Gasteiger partial charge in [-0.25, -0.2) is 0 Å². The predicted octanol–water partition coefficient (Wildman–Crippen LogP) is 4.29. The molecule has 0 N–H and O–H groups in total. The standard InChI is InChI=1S/C10H8BrNS2/c1-13-10-6-9(14-12-10)7-3-2-4-8(11)5-7/h2-6H,1H3. The van der Waals surface area contributed by atoms with Crippen LogP contribution in [0, 0.1) is 0 Å². The van der Waals surface area contributed by atoms with E-state index in [-0.39, 0.29) is 0 Å². The minimum atomic E-state index is 1.09. The average Bonchev–Trinajstić information content (AvgIpc) is 2.66. The minimum absolute atomic E-state index is 1.09. The second kappa shape index (κ2) is 4.47. The Bertz CT molecular complexity index is 439. The van der Waals surface area contributed by atoms with Gasteiger partial charge in [0.2, 0.25) is 0 Å². The van der Waals surface area contributed by atoms with E-state index in [0.717, 1.165) is 9.50 Å². The largest absolute Gasteiger partial charge is 0.186 e. The van der Waals surface area contributed by atoms with Crippen LogP contribution in [0.3, 0.4) is 0 Å². The Kier molecular flexibility index (Phi) is 3.26. The van der Waals surface area contributed by atoms with Crippen LogP contribution in [-0.4, -0.2) is 10.6 Å². The van der Waals surface area contributed by atoms with E-state index < -0.39 is 0 Å². The van der Waals surface area contributed by atoms with Crippen LogP contribution in [0.15, 0.2) is 39.8 Å². The van der Waals surface area contributed by atoms with Crippen molar-refractivity contribution < 1.29 is 0 Å². The molecular formula is C10H8BrNS2. The van der Waals surface area contributed by atoms with Crippen LogP contribution in [0.4, 0.5) is 0 Å². The summed E-state index contributed by atoms with van der Waals surface area (Å²) in [5.74, 6) is 0. The van der Waals surface area contributed by atoms with Gasteiger partial charge in [-0.3, -0.25) is 0 Å². The van der Waals surface area contributed by atoms with Gasteiger partial charge in [0.1, 0.15) is 5.03 Å². The van der Waals surface area contributed by atoms with Crippen molar-refractivity contribution in [3.05, 3.63) is 34.8 Å². The fourth-order valence-electron chi connectivity index (χ4n) is 1.13. The van der Waals surface area contributed by atoms with Crippen molar-refractivity contribution in [2.75, 3.05) is 6.26 Å². The van der Waals surface area contributed by atoms with Gasteiger partial charge in [-0.2, -0.15) is 4.37 Å². The number of benzene rings is 1. The third kappa shape index (κ3) is 2.19. The van der Waals surface area contributed by atoms with Crippen LogP contribution in [0.2, 0.25) is 0 Å². The lowest BCUT2D eigenvalue weighted by Crippen LogP contribution is -1.71. The molecule has 1 aromatic heterocycles. The van der Waals surface area contributed by atoms with Gasteiger partial charge in [0.05, 0.1) is 4.88 Å². The van der Waals surface area contributed by atoms with Crippen molar-refractivity contribution in [2.45, 2.75) is 5.03 Å². The molecule has 0 atom stereocenters. The highest BCUT2D eigenvalue weighted by atomic mass is 79.9. The highest BCUT2D eigenvalue weighted by Gasteiger charge is 2.03. The van der Waals surface area contributed by atoms with Crippen LogP contribution in [-0.2, 0) is 0 Å². The average molecular weight is 286 g/mol. The molecule has 0 bridgehead atoms. The van der Waals surface area contributed by atoms with Crippen molar-refractivity contribution in [1.29, 1.82) is 0 Å². The van der Waals surface area contributed by atoms with Gasteiger partial charge < -0.3 is 0 Å². The van der Waals surface area contributed by atoms with Crippen LogP contribution in [0.1, 0.15) is 0 Å². The second-order valence-corrected chi connectivity index (χ2v) is 5.29. The van der Waals surface area contributed by atoms with Gasteiger partial charge in [-0.1, -0.05) is 28.1 Å². The number of rotatable bonds is 2. The highest BCUT2D eigenvalue weighted by Crippen LogP contribution is 2.29. The zero-order chi connectivity index (χ0) is 9.97. The van der Waals surface area contributed by atoms with Crippen LogP contribution < -0.4 is 0 Å². The molecule has 1 heterocycles. The molecule has 2 rings (SSSR count). The zero-order valence-corrected chi connectivity index (χ0v) is 10.7. The number of thioether (sulfide) groups is 1. The summed E-state index contributed by atoms with van der Waals surface area (Å²) in [6.07, 6.45) is 2.04. The van der Waals surface area contributed by atoms with E-state index in [1.165, 1.54) is 10.4 Å². The molecule has 0 aliphatic carbocycles. The molecule has 2 aromatic rings. The van der Waals surface area contributed by atoms with Crippen molar-refractivity contribution in [3.63, 3.8) is 0 Å². The molecule has 4 heteroatoms. The van der Waals surface area contributed by atoms with E-state index in [4.69, 9.17) is 0 Å². The van der Waals surface area contributed by atoms with E-state index >= 15 is 0 Å². The third-order valence-electron chi connectivity index (χ3n) is 1.81. The molecular weight excluding hydrogens is 278 g/mol. The summed E-state index contributed by atoms with van der Waals surface area (Å²) in [6.45, 7) is 0. The maximum Gasteiger partial charge on any atom is 0.110 e. The van der Waals surface area contributed by atoms with Crippen LogP contribution in [0.5, 0.6) is 0 Å². The first-order valence-corrected chi connectivity index (χ1v) is 6.85. The number of nitrogens with zero attached hydrogens (tertiary/aromatic N) is 1. The Labute approximate surface area is 99.8 Å². The molecule has 0 radical (unpaired) electrons. The maximum atomic E-state index is 4.33. The molecule has 0 saturated carbocycles. The number of hydrogen-bond donors (Lipinski definition) is 0. The summed E-state index contributed by atoms with van der Waals surface area (Å²) in [4.78, 5) is 1.22. The van der Waals surface area contributed by atoms with E-state index in [9.17, 15) is 0 Å². The van der Waals surface area contributed by atoms with Crippen molar-refractivity contribution in [3.8, 4) is 10.4 Å². The smallest absolute Gasteiger partial charge is 0.110 e. The summed E-state index contributed by atoms with van der Waals surface area (Å²) in [6, 6.07) is 10.4. The molecule has 0 unspecified atom stereocenters. The van der Waals surface area contributed by atoms with E-state index in [1.807, 2.05) is 18.4 Å². The van der Waals surface area contributed by atoms with Crippen LogP contribution >= 0.6 is 39.2 Å². The Morgan fingerprint density at radius 1 is 1.36 bits per heavy atom. The Morgan fingerprint density at radius 2 is 2.21 bits per heavy atom.